The maximum absolute atomic E-state index is 12.0. The topological polar surface area (TPSA) is 61.8 Å². The van der Waals surface area contributed by atoms with E-state index in [9.17, 15) is 9.90 Å². The van der Waals surface area contributed by atoms with E-state index in [1.807, 2.05) is 0 Å². The highest BCUT2D eigenvalue weighted by Crippen LogP contribution is 2.30. The average Bonchev–Trinajstić information content (AvgIpc) is 3.33. The molecule has 1 amide bonds. The van der Waals surface area contributed by atoms with E-state index in [0.29, 0.717) is 6.04 Å². The number of ether oxygens (including phenoxy) is 1. The number of carbonyl (C=O) groups is 1. The first-order chi connectivity index (χ1) is 9.78. The number of nitrogens with zero attached hydrogens (tertiary/aromatic N) is 1. The highest BCUT2D eigenvalue weighted by Gasteiger charge is 2.36. The third-order valence-corrected chi connectivity index (χ3v) is 5.00. The first-order valence-corrected chi connectivity index (χ1v) is 8.01. The third-order valence-electron chi connectivity index (χ3n) is 5.00. The van der Waals surface area contributed by atoms with Crippen molar-refractivity contribution in [2.75, 3.05) is 32.9 Å². The van der Waals surface area contributed by atoms with Crippen LogP contribution in [0.4, 0.5) is 0 Å². The Morgan fingerprint density at radius 2 is 1.95 bits per heavy atom. The molecule has 3 fully saturated rings. The Kier molecular flexibility index (Phi) is 4.58. The van der Waals surface area contributed by atoms with Gasteiger partial charge in [-0.2, -0.15) is 0 Å². The Morgan fingerprint density at radius 1 is 1.20 bits per heavy atom. The van der Waals surface area contributed by atoms with Crippen LogP contribution in [0.1, 0.15) is 32.1 Å². The van der Waals surface area contributed by atoms with Gasteiger partial charge in [0.15, 0.2) is 0 Å². The van der Waals surface area contributed by atoms with E-state index in [0.717, 1.165) is 58.4 Å². The summed E-state index contributed by atoms with van der Waals surface area (Å²) in [4.78, 5) is 14.5. The van der Waals surface area contributed by atoms with Crippen molar-refractivity contribution in [3.05, 3.63) is 0 Å². The predicted octanol–water partition coefficient (Wildman–Crippen LogP) is 0.374. The summed E-state index contributed by atoms with van der Waals surface area (Å²) >= 11 is 0. The molecule has 0 radical (unpaired) electrons. The lowest BCUT2D eigenvalue weighted by molar-refractivity contribution is -0.124. The van der Waals surface area contributed by atoms with Gasteiger partial charge in [0.1, 0.15) is 0 Å². The molecule has 2 atom stereocenters. The lowest BCUT2D eigenvalue weighted by Gasteiger charge is -2.43. The number of aliphatic hydroxyl groups is 1. The van der Waals surface area contributed by atoms with Gasteiger partial charge in [-0.25, -0.2) is 0 Å². The van der Waals surface area contributed by atoms with E-state index in [1.165, 1.54) is 0 Å². The quantitative estimate of drug-likeness (QED) is 0.782. The average molecular weight is 282 g/mol. The highest BCUT2D eigenvalue weighted by molar-refractivity contribution is 5.81. The molecule has 0 bridgehead atoms. The van der Waals surface area contributed by atoms with Crippen LogP contribution in [0.15, 0.2) is 0 Å². The summed E-state index contributed by atoms with van der Waals surface area (Å²) < 4.78 is 5.43. The summed E-state index contributed by atoms with van der Waals surface area (Å²) in [6.07, 6.45) is 5.22. The number of aliphatic hydroxyl groups excluding tert-OH is 1. The Balaban J connectivity index is 1.57. The summed E-state index contributed by atoms with van der Waals surface area (Å²) in [5, 5.41) is 12.7. The summed E-state index contributed by atoms with van der Waals surface area (Å²) in [5.41, 5.74) is 0. The van der Waals surface area contributed by atoms with E-state index >= 15 is 0 Å². The lowest BCUT2D eigenvalue weighted by atomic mass is 9.90. The number of likely N-dealkylation sites (tertiary alicyclic amines) is 1. The lowest BCUT2D eigenvalue weighted by Crippen LogP contribution is -2.56. The Morgan fingerprint density at radius 3 is 2.60 bits per heavy atom. The van der Waals surface area contributed by atoms with Crippen molar-refractivity contribution in [2.45, 2.75) is 44.2 Å². The maximum atomic E-state index is 12.0. The number of hydrogen-bond donors (Lipinski definition) is 2. The van der Waals surface area contributed by atoms with Crippen LogP contribution in [-0.2, 0) is 9.53 Å². The van der Waals surface area contributed by atoms with Gasteiger partial charge in [-0.1, -0.05) is 0 Å². The molecule has 20 heavy (non-hydrogen) atoms. The Bertz CT molecular complexity index is 340. The predicted molar refractivity (Wildman–Crippen MR) is 75.3 cm³/mol. The number of nitrogens with one attached hydrogen (secondary N) is 1. The fourth-order valence-corrected chi connectivity index (χ4v) is 3.44. The zero-order chi connectivity index (χ0) is 13.9. The number of hydrogen-bond acceptors (Lipinski definition) is 4. The van der Waals surface area contributed by atoms with Crippen LogP contribution in [0.3, 0.4) is 0 Å². The van der Waals surface area contributed by atoms with Crippen molar-refractivity contribution in [1.82, 2.24) is 10.2 Å². The van der Waals surface area contributed by atoms with Crippen molar-refractivity contribution < 1.29 is 14.6 Å². The van der Waals surface area contributed by atoms with E-state index in [-0.39, 0.29) is 30.4 Å². The summed E-state index contributed by atoms with van der Waals surface area (Å²) in [5.74, 6) is 0.656. The number of carbonyl (C=O) groups excluding carboxylic acids is 1. The van der Waals surface area contributed by atoms with Crippen LogP contribution < -0.4 is 5.32 Å². The molecule has 1 saturated carbocycles. The molecular weight excluding hydrogens is 256 g/mol. The van der Waals surface area contributed by atoms with Crippen LogP contribution in [0.5, 0.6) is 0 Å². The van der Waals surface area contributed by atoms with Gasteiger partial charge >= 0.3 is 0 Å². The normalized spacial score (nSPS) is 33.0. The minimum atomic E-state index is 0.115. The molecule has 3 aliphatic rings. The Hall–Kier alpha value is -0.650. The van der Waals surface area contributed by atoms with Crippen molar-refractivity contribution >= 4 is 5.91 Å². The molecule has 5 heteroatoms. The molecule has 2 aliphatic heterocycles. The van der Waals surface area contributed by atoms with Gasteiger partial charge in [-0.15, -0.1) is 0 Å². The third kappa shape index (κ3) is 3.32. The van der Waals surface area contributed by atoms with Gasteiger partial charge in [-0.3, -0.25) is 9.69 Å². The number of amides is 1. The zero-order valence-electron chi connectivity index (χ0n) is 12.1. The van der Waals surface area contributed by atoms with Gasteiger partial charge in [0.05, 0.1) is 0 Å². The molecule has 0 spiro atoms. The Labute approximate surface area is 120 Å². The molecule has 5 nitrogen and oxygen atoms in total. The van der Waals surface area contributed by atoms with Crippen molar-refractivity contribution in [3.8, 4) is 0 Å². The van der Waals surface area contributed by atoms with Crippen LogP contribution in [-0.4, -0.2) is 60.9 Å². The van der Waals surface area contributed by atoms with Crippen molar-refractivity contribution in [1.29, 1.82) is 0 Å². The molecule has 114 valence electrons. The minimum absolute atomic E-state index is 0.115. The minimum Gasteiger partial charge on any atom is -0.396 e. The van der Waals surface area contributed by atoms with Crippen molar-refractivity contribution in [3.63, 3.8) is 0 Å². The molecule has 2 saturated heterocycles. The number of rotatable bonds is 4. The second kappa shape index (κ2) is 6.41. The van der Waals surface area contributed by atoms with Gasteiger partial charge in [0.25, 0.3) is 0 Å². The summed E-state index contributed by atoms with van der Waals surface area (Å²) in [7, 11) is 0. The molecular formula is C15H26N2O3. The SMILES string of the molecule is O=C(N[C@@H]1CN(C2CCOCC2)CC[C@@H]1CO)C1CC1. The van der Waals surface area contributed by atoms with Gasteiger partial charge < -0.3 is 15.2 Å². The molecule has 3 rings (SSSR count). The molecule has 0 unspecified atom stereocenters. The van der Waals surface area contributed by atoms with Crippen LogP contribution in [0.25, 0.3) is 0 Å². The molecule has 0 aromatic rings. The molecule has 0 aromatic heterocycles. The largest absolute Gasteiger partial charge is 0.396 e. The van der Waals surface area contributed by atoms with E-state index < -0.39 is 0 Å². The highest BCUT2D eigenvalue weighted by atomic mass is 16.5. The fraction of sp³-hybridized carbons (Fsp3) is 0.933. The monoisotopic (exact) mass is 282 g/mol. The first kappa shape index (κ1) is 14.3. The van der Waals surface area contributed by atoms with E-state index in [4.69, 9.17) is 4.74 Å². The van der Waals surface area contributed by atoms with Gasteiger partial charge in [0, 0.05) is 50.3 Å². The van der Waals surface area contributed by atoms with Gasteiger partial charge in [0.2, 0.25) is 5.91 Å². The molecule has 0 aromatic carbocycles. The second-order valence-electron chi connectivity index (χ2n) is 6.46. The smallest absolute Gasteiger partial charge is 0.223 e. The van der Waals surface area contributed by atoms with Crippen LogP contribution in [0, 0.1) is 11.8 Å². The van der Waals surface area contributed by atoms with Crippen LogP contribution in [0.2, 0.25) is 0 Å². The zero-order valence-corrected chi connectivity index (χ0v) is 12.1. The standard InChI is InChI=1S/C15H26N2O3/c18-10-12-3-6-17(13-4-7-20-8-5-13)9-14(12)16-15(19)11-1-2-11/h11-14,18H,1-10H2,(H,16,19)/t12-,14-/m1/s1. The fourth-order valence-electron chi connectivity index (χ4n) is 3.44. The van der Waals surface area contributed by atoms with Crippen LogP contribution >= 0.6 is 0 Å². The maximum Gasteiger partial charge on any atom is 0.223 e. The molecule has 1 aliphatic carbocycles. The second-order valence-corrected chi connectivity index (χ2v) is 6.46. The van der Waals surface area contributed by atoms with E-state index in [1.54, 1.807) is 0 Å². The van der Waals surface area contributed by atoms with Gasteiger partial charge in [-0.05, 0) is 38.6 Å². The summed E-state index contributed by atoms with van der Waals surface area (Å²) in [6, 6.07) is 0.702. The summed E-state index contributed by atoms with van der Waals surface area (Å²) in [6.45, 7) is 3.80. The molecule has 2 N–H and O–H groups in total. The van der Waals surface area contributed by atoms with E-state index in [2.05, 4.69) is 10.2 Å². The first-order valence-electron chi connectivity index (χ1n) is 8.01. The number of piperidine rings is 1. The molecule has 2 heterocycles. The van der Waals surface area contributed by atoms with Crippen molar-refractivity contribution in [2.24, 2.45) is 11.8 Å².